The van der Waals surface area contributed by atoms with E-state index in [1.54, 1.807) is 24.4 Å². The van der Waals surface area contributed by atoms with E-state index in [0.717, 1.165) is 15.4 Å². The monoisotopic (exact) mass is 576 g/mol. The Kier molecular flexibility index (Phi) is 9.61. The van der Waals surface area contributed by atoms with Crippen molar-refractivity contribution in [3.63, 3.8) is 0 Å². The van der Waals surface area contributed by atoms with Gasteiger partial charge in [0.2, 0.25) is 0 Å². The number of aromatic nitrogens is 1. The molecule has 4 amide bonds. The molecule has 9 nitrogen and oxygen atoms in total. The van der Waals surface area contributed by atoms with Crippen LogP contribution in [-0.4, -0.2) is 37.0 Å². The third-order valence-electron chi connectivity index (χ3n) is 5.56. The molecule has 0 saturated carbocycles. The number of imide groups is 1. The van der Waals surface area contributed by atoms with Crippen LogP contribution in [0.1, 0.15) is 26.4 Å². The fraction of sp³-hybridized carbons (Fsp3) is 0.103. The normalized spacial score (nSPS) is 10.4. The van der Waals surface area contributed by atoms with E-state index in [1.165, 1.54) is 38.1 Å². The quantitative estimate of drug-likeness (QED) is 0.230. The molecule has 204 valence electrons. The standard InChI is InChI=1S/C29H25ClN4O5S/c1-38-24-13-12-22(25(30)26(24)39-2)27(35)34-29(37)33-19-8-10-20(11-9-19)40-21-14-15-31-23(16-21)28(36)32-17-18-6-4-3-5-7-18/h3-16H,17H2,1-2H3,(H,32,36)(H2,33,34,35,37). The number of carbonyl (C=O) groups excluding carboxylic acids is 3. The van der Waals surface area contributed by atoms with E-state index < -0.39 is 11.9 Å². The number of nitrogens with one attached hydrogen (secondary N) is 3. The summed E-state index contributed by atoms with van der Waals surface area (Å²) in [6.07, 6.45) is 1.59. The Labute approximate surface area is 240 Å². The number of amides is 4. The van der Waals surface area contributed by atoms with Gasteiger partial charge in [-0.2, -0.15) is 0 Å². The molecule has 11 heteroatoms. The first-order chi connectivity index (χ1) is 19.4. The first-order valence-electron chi connectivity index (χ1n) is 12.0. The average molecular weight is 577 g/mol. The van der Waals surface area contributed by atoms with Crippen molar-refractivity contribution in [2.24, 2.45) is 0 Å². The van der Waals surface area contributed by atoms with Gasteiger partial charge in [0, 0.05) is 28.2 Å². The molecule has 0 fully saturated rings. The van der Waals surface area contributed by atoms with Gasteiger partial charge in [-0.25, -0.2) is 4.79 Å². The maximum atomic E-state index is 12.6. The van der Waals surface area contributed by atoms with Crippen LogP contribution in [0, 0.1) is 0 Å². The summed E-state index contributed by atoms with van der Waals surface area (Å²) in [6, 6.07) is 22.4. The molecule has 0 spiro atoms. The molecule has 3 N–H and O–H groups in total. The number of halogens is 1. The Morgan fingerprint density at radius 2 is 1.62 bits per heavy atom. The number of urea groups is 1. The van der Waals surface area contributed by atoms with Gasteiger partial charge in [0.25, 0.3) is 11.8 Å². The molecule has 3 aromatic carbocycles. The van der Waals surface area contributed by atoms with Crippen LogP contribution in [0.15, 0.2) is 94.9 Å². The van der Waals surface area contributed by atoms with Gasteiger partial charge in [-0.05, 0) is 54.1 Å². The molecule has 0 atom stereocenters. The molecule has 0 aliphatic heterocycles. The van der Waals surface area contributed by atoms with Crippen molar-refractivity contribution in [2.45, 2.75) is 16.3 Å². The number of pyridine rings is 1. The van der Waals surface area contributed by atoms with Gasteiger partial charge in [-0.3, -0.25) is 19.9 Å². The van der Waals surface area contributed by atoms with Crippen molar-refractivity contribution in [3.05, 3.63) is 107 Å². The molecule has 1 aromatic heterocycles. The van der Waals surface area contributed by atoms with Gasteiger partial charge < -0.3 is 20.1 Å². The van der Waals surface area contributed by atoms with Gasteiger partial charge in [-0.1, -0.05) is 53.7 Å². The van der Waals surface area contributed by atoms with Crippen molar-refractivity contribution in [3.8, 4) is 11.5 Å². The van der Waals surface area contributed by atoms with Crippen LogP contribution in [-0.2, 0) is 6.54 Å². The van der Waals surface area contributed by atoms with Gasteiger partial charge in [0.15, 0.2) is 11.5 Å². The number of hydrogen-bond acceptors (Lipinski definition) is 7. The fourth-order valence-electron chi connectivity index (χ4n) is 3.61. The smallest absolute Gasteiger partial charge is 0.326 e. The maximum Gasteiger partial charge on any atom is 0.326 e. The highest BCUT2D eigenvalue weighted by Gasteiger charge is 2.20. The second-order valence-corrected chi connectivity index (χ2v) is 9.77. The maximum absolute atomic E-state index is 12.6. The minimum Gasteiger partial charge on any atom is -0.493 e. The van der Waals surface area contributed by atoms with Crippen LogP contribution in [0.2, 0.25) is 5.02 Å². The zero-order chi connectivity index (χ0) is 28.5. The van der Waals surface area contributed by atoms with Gasteiger partial charge in [0.1, 0.15) is 5.69 Å². The van der Waals surface area contributed by atoms with Crippen LogP contribution < -0.4 is 25.4 Å². The fourth-order valence-corrected chi connectivity index (χ4v) is 4.77. The first kappa shape index (κ1) is 28.5. The lowest BCUT2D eigenvalue weighted by molar-refractivity contribution is 0.0942. The predicted octanol–water partition coefficient (Wildman–Crippen LogP) is 5.80. The summed E-state index contributed by atoms with van der Waals surface area (Å²) in [7, 11) is 2.85. The number of carbonyl (C=O) groups is 3. The Balaban J connectivity index is 1.32. The Morgan fingerprint density at radius 1 is 0.875 bits per heavy atom. The van der Waals surface area contributed by atoms with Crippen molar-refractivity contribution in [1.82, 2.24) is 15.6 Å². The number of hydrogen-bond donors (Lipinski definition) is 3. The van der Waals surface area contributed by atoms with Crippen molar-refractivity contribution in [1.29, 1.82) is 0 Å². The first-order valence-corrected chi connectivity index (χ1v) is 13.2. The third kappa shape index (κ3) is 7.31. The van der Waals surface area contributed by atoms with E-state index in [1.807, 2.05) is 48.5 Å². The van der Waals surface area contributed by atoms with E-state index >= 15 is 0 Å². The molecular formula is C29H25ClN4O5S. The molecule has 0 aliphatic rings. The Hall–Kier alpha value is -4.54. The number of methoxy groups -OCH3 is 2. The minimum atomic E-state index is -0.725. The average Bonchev–Trinajstić information content (AvgIpc) is 2.97. The van der Waals surface area contributed by atoms with Crippen molar-refractivity contribution >= 4 is 46.9 Å². The summed E-state index contributed by atoms with van der Waals surface area (Å²) in [5, 5.41) is 7.76. The highest BCUT2D eigenvalue weighted by molar-refractivity contribution is 7.99. The van der Waals surface area contributed by atoms with Crippen LogP contribution in [0.5, 0.6) is 11.5 Å². The van der Waals surface area contributed by atoms with Crippen LogP contribution >= 0.6 is 23.4 Å². The second kappa shape index (κ2) is 13.5. The lowest BCUT2D eigenvalue weighted by Gasteiger charge is -2.13. The predicted molar refractivity (Wildman–Crippen MR) is 153 cm³/mol. The molecule has 0 bridgehead atoms. The molecule has 4 aromatic rings. The van der Waals surface area contributed by atoms with Crippen LogP contribution in [0.25, 0.3) is 0 Å². The highest BCUT2D eigenvalue weighted by atomic mass is 35.5. The summed E-state index contributed by atoms with van der Waals surface area (Å²) in [5.74, 6) is -0.405. The Morgan fingerprint density at radius 3 is 2.33 bits per heavy atom. The molecule has 0 saturated heterocycles. The number of benzene rings is 3. The summed E-state index contributed by atoms with van der Waals surface area (Å²) < 4.78 is 10.4. The zero-order valence-corrected chi connectivity index (χ0v) is 23.1. The molecular weight excluding hydrogens is 552 g/mol. The summed E-state index contributed by atoms with van der Waals surface area (Å²) >= 11 is 7.70. The summed E-state index contributed by atoms with van der Waals surface area (Å²) in [4.78, 5) is 43.4. The molecule has 1 heterocycles. The van der Waals surface area contributed by atoms with Crippen LogP contribution in [0.4, 0.5) is 10.5 Å². The SMILES string of the molecule is COc1ccc(C(=O)NC(=O)Nc2ccc(Sc3ccnc(C(=O)NCc4ccccc4)c3)cc2)c(Cl)c1OC. The van der Waals surface area contributed by atoms with Crippen molar-refractivity contribution < 1.29 is 23.9 Å². The minimum absolute atomic E-state index is 0.0291. The van der Waals surface area contributed by atoms with Gasteiger partial charge in [0.05, 0.1) is 24.8 Å². The van der Waals surface area contributed by atoms with E-state index in [4.69, 9.17) is 21.1 Å². The zero-order valence-electron chi connectivity index (χ0n) is 21.6. The molecule has 0 aliphatic carbocycles. The molecule has 4 rings (SSSR count). The van der Waals surface area contributed by atoms with E-state index in [9.17, 15) is 14.4 Å². The summed E-state index contributed by atoms with van der Waals surface area (Å²) in [5.41, 5.74) is 1.85. The second-order valence-electron chi connectivity index (χ2n) is 8.24. The van der Waals surface area contributed by atoms with E-state index in [0.29, 0.717) is 23.7 Å². The van der Waals surface area contributed by atoms with Crippen LogP contribution in [0.3, 0.4) is 0 Å². The number of nitrogens with zero attached hydrogens (tertiary/aromatic N) is 1. The number of rotatable bonds is 9. The molecule has 40 heavy (non-hydrogen) atoms. The number of ether oxygens (including phenoxy) is 2. The number of anilines is 1. The summed E-state index contributed by atoms with van der Waals surface area (Å²) in [6.45, 7) is 0.410. The van der Waals surface area contributed by atoms with Gasteiger partial charge >= 0.3 is 6.03 Å². The Bertz CT molecular complexity index is 1520. The molecule has 0 unspecified atom stereocenters. The van der Waals surface area contributed by atoms with E-state index in [2.05, 4.69) is 20.9 Å². The van der Waals surface area contributed by atoms with Gasteiger partial charge in [-0.15, -0.1) is 0 Å². The third-order valence-corrected chi connectivity index (χ3v) is 6.94. The lowest BCUT2D eigenvalue weighted by atomic mass is 10.2. The largest absolute Gasteiger partial charge is 0.493 e. The van der Waals surface area contributed by atoms with Crippen molar-refractivity contribution in [2.75, 3.05) is 19.5 Å². The topological polar surface area (TPSA) is 119 Å². The van der Waals surface area contributed by atoms with E-state index in [-0.39, 0.29) is 22.2 Å². The lowest BCUT2D eigenvalue weighted by Crippen LogP contribution is -2.34. The molecule has 0 radical (unpaired) electrons. The highest BCUT2D eigenvalue weighted by Crippen LogP contribution is 2.37.